The quantitative estimate of drug-likeness (QED) is 0.865. The molecule has 1 amide bonds. The number of nitrogens with zero attached hydrogens (tertiary/aromatic N) is 1. The molecular weight excluding hydrogens is 369 g/mol. The van der Waals surface area contributed by atoms with Gasteiger partial charge in [0.25, 0.3) is 0 Å². The predicted octanol–water partition coefficient (Wildman–Crippen LogP) is 3.91. The first-order valence-electron chi connectivity index (χ1n) is 8.97. The molecule has 140 valence electrons. The van der Waals surface area contributed by atoms with E-state index in [1.807, 2.05) is 30.3 Å². The third-order valence-electron chi connectivity index (χ3n) is 5.65. The van der Waals surface area contributed by atoms with Crippen molar-refractivity contribution in [1.82, 2.24) is 4.90 Å². The molecule has 4 rings (SSSR count). The van der Waals surface area contributed by atoms with Crippen LogP contribution in [0.3, 0.4) is 0 Å². The van der Waals surface area contributed by atoms with Gasteiger partial charge in [0.05, 0.1) is 5.92 Å². The van der Waals surface area contributed by atoms with Gasteiger partial charge in [-0.3, -0.25) is 9.59 Å². The summed E-state index contributed by atoms with van der Waals surface area (Å²) in [5, 5.41) is 9.93. The van der Waals surface area contributed by atoms with Crippen LogP contribution in [0, 0.1) is 17.7 Å². The van der Waals surface area contributed by atoms with Crippen molar-refractivity contribution in [3.05, 3.63) is 70.5 Å². The van der Waals surface area contributed by atoms with Gasteiger partial charge in [-0.1, -0.05) is 48.0 Å². The van der Waals surface area contributed by atoms with Crippen molar-refractivity contribution in [3.63, 3.8) is 0 Å². The third-order valence-corrected chi connectivity index (χ3v) is 5.98. The molecular formula is C21H19ClFNO3. The first-order chi connectivity index (χ1) is 13.0. The molecule has 0 spiro atoms. The number of likely N-dealkylation sites (tertiary alicyclic amines) is 1. The molecule has 6 heteroatoms. The Kier molecular flexibility index (Phi) is 4.64. The van der Waals surface area contributed by atoms with Crippen molar-refractivity contribution in [2.24, 2.45) is 11.8 Å². The molecule has 2 fully saturated rings. The zero-order valence-electron chi connectivity index (χ0n) is 14.5. The summed E-state index contributed by atoms with van der Waals surface area (Å²) in [6.07, 6.45) is 0.545. The minimum absolute atomic E-state index is 0.107. The van der Waals surface area contributed by atoms with Crippen molar-refractivity contribution in [1.29, 1.82) is 0 Å². The van der Waals surface area contributed by atoms with Crippen LogP contribution in [0.2, 0.25) is 5.02 Å². The molecule has 4 nitrogen and oxygen atoms in total. The van der Waals surface area contributed by atoms with Gasteiger partial charge in [-0.15, -0.1) is 0 Å². The maximum atomic E-state index is 14.1. The third kappa shape index (κ3) is 3.32. The van der Waals surface area contributed by atoms with E-state index >= 15 is 0 Å². The predicted molar refractivity (Wildman–Crippen MR) is 99.1 cm³/mol. The molecule has 0 radical (unpaired) electrons. The Morgan fingerprint density at radius 2 is 1.74 bits per heavy atom. The number of hydrogen-bond donors (Lipinski definition) is 1. The highest BCUT2D eigenvalue weighted by atomic mass is 35.5. The lowest BCUT2D eigenvalue weighted by atomic mass is 9.89. The molecule has 1 N–H and O–H groups in total. The van der Waals surface area contributed by atoms with E-state index in [4.69, 9.17) is 11.6 Å². The molecule has 1 aliphatic carbocycles. The normalized spacial score (nSPS) is 26.8. The summed E-state index contributed by atoms with van der Waals surface area (Å²) in [6, 6.07) is 13.9. The Hall–Kier alpha value is -2.40. The molecule has 2 aromatic rings. The van der Waals surface area contributed by atoms with Crippen molar-refractivity contribution in [3.8, 4) is 0 Å². The van der Waals surface area contributed by atoms with Crippen LogP contribution in [-0.2, 0) is 9.59 Å². The van der Waals surface area contributed by atoms with Gasteiger partial charge in [0, 0.05) is 41.4 Å². The summed E-state index contributed by atoms with van der Waals surface area (Å²) in [5.41, 5.74) is 1.32. The number of aliphatic carboxylic acids is 1. The Balaban J connectivity index is 1.51. The fraction of sp³-hybridized carbons (Fsp3) is 0.333. The lowest BCUT2D eigenvalue weighted by Crippen LogP contribution is -2.31. The Bertz CT molecular complexity index is 868. The van der Waals surface area contributed by atoms with E-state index in [1.54, 1.807) is 17.0 Å². The van der Waals surface area contributed by atoms with Gasteiger partial charge in [0.2, 0.25) is 5.91 Å². The van der Waals surface area contributed by atoms with Crippen molar-refractivity contribution >= 4 is 23.5 Å². The maximum Gasteiger partial charge on any atom is 0.308 e. The highest BCUT2D eigenvalue weighted by molar-refractivity contribution is 6.31. The van der Waals surface area contributed by atoms with Crippen LogP contribution in [0.1, 0.15) is 29.4 Å². The number of hydrogen-bond acceptors (Lipinski definition) is 2. The van der Waals surface area contributed by atoms with Crippen LogP contribution >= 0.6 is 11.6 Å². The molecule has 1 heterocycles. The Morgan fingerprint density at radius 3 is 2.41 bits per heavy atom. The molecule has 1 saturated carbocycles. The maximum absolute atomic E-state index is 14.1. The van der Waals surface area contributed by atoms with E-state index in [9.17, 15) is 19.1 Å². The minimum atomic E-state index is -0.899. The molecule has 2 aromatic carbocycles. The lowest BCUT2D eigenvalue weighted by Gasteiger charge is -2.17. The second-order valence-electron chi connectivity index (χ2n) is 7.29. The highest BCUT2D eigenvalue weighted by Gasteiger charge is 2.50. The number of amides is 1. The molecule has 27 heavy (non-hydrogen) atoms. The monoisotopic (exact) mass is 387 g/mol. The summed E-state index contributed by atoms with van der Waals surface area (Å²) >= 11 is 6.12. The van der Waals surface area contributed by atoms with Crippen molar-refractivity contribution in [2.75, 3.05) is 13.1 Å². The second kappa shape index (κ2) is 6.97. The molecule has 1 saturated heterocycles. The number of carboxylic acids is 1. The summed E-state index contributed by atoms with van der Waals surface area (Å²) in [7, 11) is 0. The fourth-order valence-electron chi connectivity index (χ4n) is 4.16. The molecule has 4 unspecified atom stereocenters. The molecule has 1 aliphatic heterocycles. The first-order valence-corrected chi connectivity index (χ1v) is 9.35. The lowest BCUT2D eigenvalue weighted by molar-refractivity contribution is -0.142. The van der Waals surface area contributed by atoms with Gasteiger partial charge in [-0.25, -0.2) is 4.39 Å². The first kappa shape index (κ1) is 18.0. The SMILES string of the molecule is O=C(O)C1CN(C(=O)C2CC2c2c(F)cccc2Cl)CC1c1ccccc1. The zero-order valence-corrected chi connectivity index (χ0v) is 15.3. The summed E-state index contributed by atoms with van der Waals surface area (Å²) in [6.45, 7) is 0.552. The summed E-state index contributed by atoms with van der Waals surface area (Å²) in [4.78, 5) is 26.3. The Morgan fingerprint density at radius 1 is 1.00 bits per heavy atom. The number of halogens is 2. The van der Waals surface area contributed by atoms with Crippen LogP contribution in [0.25, 0.3) is 0 Å². The van der Waals surface area contributed by atoms with E-state index in [0.29, 0.717) is 23.6 Å². The molecule has 0 aromatic heterocycles. The van der Waals surface area contributed by atoms with E-state index in [1.165, 1.54) is 6.07 Å². The summed E-state index contributed by atoms with van der Waals surface area (Å²) < 4.78 is 14.1. The smallest absolute Gasteiger partial charge is 0.308 e. The Labute approximate surface area is 161 Å². The van der Waals surface area contributed by atoms with Crippen LogP contribution < -0.4 is 0 Å². The minimum Gasteiger partial charge on any atom is -0.481 e. The summed E-state index contributed by atoms with van der Waals surface area (Å²) in [5.74, 6) is -2.83. The highest BCUT2D eigenvalue weighted by Crippen LogP contribution is 2.52. The van der Waals surface area contributed by atoms with Crippen LogP contribution in [0.4, 0.5) is 4.39 Å². The number of carbonyl (C=O) groups excluding carboxylic acids is 1. The van der Waals surface area contributed by atoms with Gasteiger partial charge < -0.3 is 10.0 Å². The van der Waals surface area contributed by atoms with Gasteiger partial charge in [0.1, 0.15) is 5.82 Å². The average Bonchev–Trinajstić information content (AvgIpc) is 3.29. The van der Waals surface area contributed by atoms with Gasteiger partial charge in [-0.05, 0) is 24.1 Å². The van der Waals surface area contributed by atoms with E-state index < -0.39 is 17.7 Å². The molecule has 0 bridgehead atoms. The van der Waals surface area contributed by atoms with Gasteiger partial charge in [-0.2, -0.15) is 0 Å². The largest absolute Gasteiger partial charge is 0.481 e. The average molecular weight is 388 g/mol. The fourth-order valence-corrected chi connectivity index (χ4v) is 4.46. The molecule has 2 aliphatic rings. The van der Waals surface area contributed by atoms with Gasteiger partial charge >= 0.3 is 5.97 Å². The van der Waals surface area contributed by atoms with Gasteiger partial charge in [0.15, 0.2) is 0 Å². The van der Waals surface area contributed by atoms with E-state index in [-0.39, 0.29) is 30.2 Å². The topological polar surface area (TPSA) is 57.6 Å². The number of carboxylic acid groups (broad SMARTS) is 1. The zero-order chi connectivity index (χ0) is 19.1. The second-order valence-corrected chi connectivity index (χ2v) is 7.70. The van der Waals surface area contributed by atoms with E-state index in [0.717, 1.165) is 5.56 Å². The van der Waals surface area contributed by atoms with Crippen LogP contribution in [0.15, 0.2) is 48.5 Å². The van der Waals surface area contributed by atoms with E-state index in [2.05, 4.69) is 0 Å². The van der Waals surface area contributed by atoms with Crippen LogP contribution in [0.5, 0.6) is 0 Å². The van der Waals surface area contributed by atoms with Crippen LogP contribution in [-0.4, -0.2) is 35.0 Å². The standard InChI is InChI=1S/C21H19ClFNO3/c22-17-7-4-8-18(23)19(17)13-9-14(13)20(25)24-10-15(16(11-24)21(26)27)12-5-2-1-3-6-12/h1-8,13-16H,9-11H2,(H,26,27). The number of carbonyl (C=O) groups is 2. The van der Waals surface area contributed by atoms with Crippen molar-refractivity contribution in [2.45, 2.75) is 18.3 Å². The molecule has 4 atom stereocenters. The number of benzene rings is 2. The number of rotatable bonds is 4. The van der Waals surface area contributed by atoms with Crippen molar-refractivity contribution < 1.29 is 19.1 Å².